The van der Waals surface area contributed by atoms with Gasteiger partial charge < -0.3 is 5.73 Å². The molecule has 0 spiro atoms. The van der Waals surface area contributed by atoms with Gasteiger partial charge in [0, 0.05) is 0 Å². The standard InChI is InChI=1S/C14H17N3/c15-14-9-10-16-17(14)13-8-4-2-6-11-5-1-3-7-12(11)13/h1,3,5,7,9-10,13H,2,4,6,8,15H2. The predicted molar refractivity (Wildman–Crippen MR) is 68.8 cm³/mol. The Morgan fingerprint density at radius 2 is 2.06 bits per heavy atom. The van der Waals surface area contributed by atoms with E-state index in [4.69, 9.17) is 5.73 Å². The van der Waals surface area contributed by atoms with Gasteiger partial charge in [-0.3, -0.25) is 0 Å². The van der Waals surface area contributed by atoms with Gasteiger partial charge in [0.05, 0.1) is 12.2 Å². The van der Waals surface area contributed by atoms with Crippen LogP contribution in [0.5, 0.6) is 0 Å². The summed E-state index contributed by atoms with van der Waals surface area (Å²) in [5.41, 5.74) is 8.82. The number of anilines is 1. The van der Waals surface area contributed by atoms with E-state index < -0.39 is 0 Å². The maximum Gasteiger partial charge on any atom is 0.122 e. The van der Waals surface area contributed by atoms with Crippen molar-refractivity contribution in [3.8, 4) is 0 Å². The van der Waals surface area contributed by atoms with E-state index in [0.717, 1.165) is 12.2 Å². The van der Waals surface area contributed by atoms with Crippen LogP contribution in [0.15, 0.2) is 36.5 Å². The third-order valence-electron chi connectivity index (χ3n) is 3.58. The highest BCUT2D eigenvalue weighted by Gasteiger charge is 2.21. The second kappa shape index (κ2) is 4.24. The first-order valence-corrected chi connectivity index (χ1v) is 6.23. The van der Waals surface area contributed by atoms with Gasteiger partial charge in [0.1, 0.15) is 5.82 Å². The summed E-state index contributed by atoms with van der Waals surface area (Å²) in [6.45, 7) is 0. The normalized spacial score (nSPS) is 19.6. The van der Waals surface area contributed by atoms with Gasteiger partial charge in [0.15, 0.2) is 0 Å². The minimum Gasteiger partial charge on any atom is -0.384 e. The van der Waals surface area contributed by atoms with Crippen molar-refractivity contribution in [1.82, 2.24) is 9.78 Å². The van der Waals surface area contributed by atoms with E-state index in [0.29, 0.717) is 6.04 Å². The highest BCUT2D eigenvalue weighted by atomic mass is 15.3. The zero-order valence-corrected chi connectivity index (χ0v) is 9.84. The van der Waals surface area contributed by atoms with Crippen LogP contribution in [0.2, 0.25) is 0 Å². The summed E-state index contributed by atoms with van der Waals surface area (Å²) in [7, 11) is 0. The Labute approximate surface area is 101 Å². The Kier molecular flexibility index (Phi) is 2.59. The average Bonchev–Trinajstić information content (AvgIpc) is 2.66. The molecule has 0 saturated carbocycles. The Balaban J connectivity index is 2.09. The van der Waals surface area contributed by atoms with Gasteiger partial charge in [0.2, 0.25) is 0 Å². The molecule has 17 heavy (non-hydrogen) atoms. The lowest BCUT2D eigenvalue weighted by atomic mass is 9.99. The molecule has 1 aliphatic rings. The molecular formula is C14H17N3. The molecule has 0 amide bonds. The Bertz CT molecular complexity index is 516. The molecule has 1 aliphatic carbocycles. The molecule has 0 bridgehead atoms. The molecule has 0 fully saturated rings. The molecule has 0 radical (unpaired) electrons. The van der Waals surface area contributed by atoms with Gasteiger partial charge in [-0.2, -0.15) is 5.10 Å². The maximum absolute atomic E-state index is 5.98. The van der Waals surface area contributed by atoms with Crippen LogP contribution >= 0.6 is 0 Å². The molecule has 3 heteroatoms. The first kappa shape index (κ1) is 10.4. The largest absolute Gasteiger partial charge is 0.384 e. The lowest BCUT2D eigenvalue weighted by molar-refractivity contribution is 0.486. The zero-order chi connectivity index (χ0) is 11.7. The second-order valence-corrected chi connectivity index (χ2v) is 4.66. The van der Waals surface area contributed by atoms with Crippen molar-refractivity contribution in [2.24, 2.45) is 0 Å². The SMILES string of the molecule is Nc1ccnn1C1CCCCc2ccccc21. The zero-order valence-electron chi connectivity index (χ0n) is 9.84. The number of nitrogen functional groups attached to an aromatic ring is 1. The topological polar surface area (TPSA) is 43.8 Å². The summed E-state index contributed by atoms with van der Waals surface area (Å²) in [5.74, 6) is 0.756. The smallest absolute Gasteiger partial charge is 0.122 e. The van der Waals surface area contributed by atoms with Crippen molar-refractivity contribution in [2.75, 3.05) is 5.73 Å². The van der Waals surface area contributed by atoms with Crippen LogP contribution < -0.4 is 5.73 Å². The number of hydrogen-bond acceptors (Lipinski definition) is 2. The van der Waals surface area contributed by atoms with Crippen molar-refractivity contribution < 1.29 is 0 Å². The number of aromatic nitrogens is 2. The van der Waals surface area contributed by atoms with Crippen LogP contribution in [-0.2, 0) is 6.42 Å². The Morgan fingerprint density at radius 3 is 2.88 bits per heavy atom. The molecule has 2 N–H and O–H groups in total. The van der Waals surface area contributed by atoms with Crippen molar-refractivity contribution in [1.29, 1.82) is 0 Å². The van der Waals surface area contributed by atoms with E-state index in [1.54, 1.807) is 6.20 Å². The monoisotopic (exact) mass is 227 g/mol. The molecule has 1 atom stereocenters. The van der Waals surface area contributed by atoms with Crippen molar-refractivity contribution in [2.45, 2.75) is 31.7 Å². The van der Waals surface area contributed by atoms with Crippen LogP contribution in [0.25, 0.3) is 0 Å². The molecule has 88 valence electrons. The molecule has 3 nitrogen and oxygen atoms in total. The number of nitrogens with zero attached hydrogens (tertiary/aromatic N) is 2. The summed E-state index contributed by atoms with van der Waals surface area (Å²) in [5, 5.41) is 4.37. The fraction of sp³-hybridized carbons (Fsp3) is 0.357. The average molecular weight is 227 g/mol. The lowest BCUT2D eigenvalue weighted by Crippen LogP contribution is -2.14. The van der Waals surface area contributed by atoms with Crippen molar-refractivity contribution >= 4 is 5.82 Å². The number of fused-ring (bicyclic) bond motifs is 1. The molecule has 1 heterocycles. The summed E-state index contributed by atoms with van der Waals surface area (Å²) < 4.78 is 1.96. The fourth-order valence-electron chi connectivity index (χ4n) is 2.73. The van der Waals surface area contributed by atoms with Gasteiger partial charge in [-0.1, -0.05) is 30.7 Å². The van der Waals surface area contributed by atoms with Crippen LogP contribution in [0, 0.1) is 0 Å². The lowest BCUT2D eigenvalue weighted by Gasteiger charge is -2.19. The van der Waals surface area contributed by atoms with Gasteiger partial charge in [-0.25, -0.2) is 4.68 Å². The molecular weight excluding hydrogens is 210 g/mol. The van der Waals surface area contributed by atoms with E-state index in [1.807, 2.05) is 10.7 Å². The second-order valence-electron chi connectivity index (χ2n) is 4.66. The molecule has 1 unspecified atom stereocenters. The molecule has 1 aromatic heterocycles. The van der Waals surface area contributed by atoms with E-state index in [1.165, 1.54) is 30.4 Å². The van der Waals surface area contributed by atoms with Gasteiger partial charge in [-0.05, 0) is 36.5 Å². The minimum absolute atomic E-state index is 0.309. The van der Waals surface area contributed by atoms with E-state index in [9.17, 15) is 0 Å². The fourth-order valence-corrected chi connectivity index (χ4v) is 2.73. The summed E-state index contributed by atoms with van der Waals surface area (Å²) in [6, 6.07) is 10.8. The third-order valence-corrected chi connectivity index (χ3v) is 3.58. The summed E-state index contributed by atoms with van der Waals surface area (Å²) >= 11 is 0. The highest BCUT2D eigenvalue weighted by Crippen LogP contribution is 2.32. The number of rotatable bonds is 1. The van der Waals surface area contributed by atoms with Crippen molar-refractivity contribution in [3.63, 3.8) is 0 Å². The first-order chi connectivity index (χ1) is 8.36. The molecule has 0 aliphatic heterocycles. The first-order valence-electron chi connectivity index (χ1n) is 6.23. The number of nitrogens with two attached hydrogens (primary N) is 1. The van der Waals surface area contributed by atoms with Gasteiger partial charge in [-0.15, -0.1) is 0 Å². The summed E-state index contributed by atoms with van der Waals surface area (Å²) in [4.78, 5) is 0. The predicted octanol–water partition coefficient (Wildman–Crippen LogP) is 2.78. The Morgan fingerprint density at radius 1 is 1.18 bits per heavy atom. The number of benzene rings is 1. The van der Waals surface area contributed by atoms with Crippen LogP contribution in [0.3, 0.4) is 0 Å². The quantitative estimate of drug-likeness (QED) is 0.761. The third kappa shape index (κ3) is 1.82. The van der Waals surface area contributed by atoms with Crippen LogP contribution in [0.1, 0.15) is 36.4 Å². The van der Waals surface area contributed by atoms with Crippen molar-refractivity contribution in [3.05, 3.63) is 47.7 Å². The van der Waals surface area contributed by atoms with Gasteiger partial charge in [0.25, 0.3) is 0 Å². The number of hydrogen-bond donors (Lipinski definition) is 1. The van der Waals surface area contributed by atoms with Crippen LogP contribution in [-0.4, -0.2) is 9.78 Å². The van der Waals surface area contributed by atoms with E-state index in [-0.39, 0.29) is 0 Å². The Hall–Kier alpha value is -1.77. The molecule has 0 saturated heterocycles. The molecule has 1 aromatic carbocycles. The number of aryl methyl sites for hydroxylation is 1. The van der Waals surface area contributed by atoms with E-state index >= 15 is 0 Å². The maximum atomic E-state index is 5.98. The van der Waals surface area contributed by atoms with Crippen LogP contribution in [0.4, 0.5) is 5.82 Å². The van der Waals surface area contributed by atoms with E-state index in [2.05, 4.69) is 29.4 Å². The summed E-state index contributed by atoms with van der Waals surface area (Å²) in [6.07, 6.45) is 6.58. The van der Waals surface area contributed by atoms with Gasteiger partial charge >= 0.3 is 0 Å². The minimum atomic E-state index is 0.309. The molecule has 2 aromatic rings. The highest BCUT2D eigenvalue weighted by molar-refractivity contribution is 5.35. The molecule has 3 rings (SSSR count).